The Labute approximate surface area is 125 Å². The third-order valence-corrected chi connectivity index (χ3v) is 4.87. The van der Waals surface area contributed by atoms with Gasteiger partial charge in [0.1, 0.15) is 0 Å². The molecule has 0 radical (unpaired) electrons. The van der Waals surface area contributed by atoms with E-state index in [9.17, 15) is 13.2 Å². The van der Waals surface area contributed by atoms with Crippen LogP contribution in [0.3, 0.4) is 0 Å². The van der Waals surface area contributed by atoms with E-state index < -0.39 is 10.0 Å². The number of nitrogens with zero attached hydrogens (tertiary/aromatic N) is 1. The SMILES string of the molecule is CCCN(CCO)S(=O)(=O)c1ccc(CC(=O)OC)cc1. The van der Waals surface area contributed by atoms with Gasteiger partial charge in [0.15, 0.2) is 0 Å². The van der Waals surface area contributed by atoms with Gasteiger partial charge in [-0.1, -0.05) is 19.1 Å². The van der Waals surface area contributed by atoms with Crippen LogP contribution in [0.4, 0.5) is 0 Å². The van der Waals surface area contributed by atoms with E-state index in [-0.39, 0.29) is 30.4 Å². The first kappa shape index (κ1) is 17.6. The summed E-state index contributed by atoms with van der Waals surface area (Å²) in [5.74, 6) is -0.376. The smallest absolute Gasteiger partial charge is 0.309 e. The average Bonchev–Trinajstić information content (AvgIpc) is 2.47. The van der Waals surface area contributed by atoms with E-state index >= 15 is 0 Å². The molecule has 0 aliphatic carbocycles. The number of aliphatic hydroxyl groups excluding tert-OH is 1. The van der Waals surface area contributed by atoms with E-state index in [0.717, 1.165) is 0 Å². The maximum absolute atomic E-state index is 12.4. The summed E-state index contributed by atoms with van der Waals surface area (Å²) in [5, 5.41) is 8.99. The number of rotatable bonds is 8. The van der Waals surface area contributed by atoms with Crippen LogP contribution in [0.25, 0.3) is 0 Å². The number of sulfonamides is 1. The molecular formula is C14H21NO5S. The molecule has 6 nitrogen and oxygen atoms in total. The molecule has 21 heavy (non-hydrogen) atoms. The van der Waals surface area contributed by atoms with Gasteiger partial charge < -0.3 is 9.84 Å². The lowest BCUT2D eigenvalue weighted by Gasteiger charge is -2.20. The summed E-state index contributed by atoms with van der Waals surface area (Å²) in [4.78, 5) is 11.3. The predicted molar refractivity (Wildman–Crippen MR) is 78.3 cm³/mol. The molecule has 0 fully saturated rings. The van der Waals surface area contributed by atoms with Gasteiger partial charge in [0.25, 0.3) is 0 Å². The van der Waals surface area contributed by atoms with Crippen molar-refractivity contribution >= 4 is 16.0 Å². The van der Waals surface area contributed by atoms with Crippen molar-refractivity contribution in [1.82, 2.24) is 4.31 Å². The first-order valence-corrected chi connectivity index (χ1v) is 8.16. The Bertz CT molecular complexity index is 547. The van der Waals surface area contributed by atoms with Gasteiger partial charge in [0, 0.05) is 13.1 Å². The Kier molecular flexibility index (Phi) is 6.80. The summed E-state index contributed by atoms with van der Waals surface area (Å²) in [5.41, 5.74) is 0.685. The van der Waals surface area contributed by atoms with Crippen molar-refractivity contribution in [3.05, 3.63) is 29.8 Å². The van der Waals surface area contributed by atoms with E-state index in [0.29, 0.717) is 18.5 Å². The highest BCUT2D eigenvalue weighted by Crippen LogP contribution is 2.17. The van der Waals surface area contributed by atoms with Crippen molar-refractivity contribution < 1.29 is 23.1 Å². The van der Waals surface area contributed by atoms with E-state index in [2.05, 4.69) is 4.74 Å². The Morgan fingerprint density at radius 3 is 2.33 bits per heavy atom. The number of carbonyl (C=O) groups is 1. The molecule has 1 aromatic carbocycles. The maximum atomic E-state index is 12.4. The first-order valence-electron chi connectivity index (χ1n) is 6.72. The lowest BCUT2D eigenvalue weighted by atomic mass is 10.2. The fraction of sp³-hybridized carbons (Fsp3) is 0.500. The summed E-state index contributed by atoms with van der Waals surface area (Å²) in [6, 6.07) is 6.11. The second-order valence-electron chi connectivity index (χ2n) is 4.52. The monoisotopic (exact) mass is 315 g/mol. The molecule has 1 aromatic rings. The van der Waals surface area contributed by atoms with Crippen LogP contribution in [0.1, 0.15) is 18.9 Å². The molecule has 0 atom stereocenters. The summed E-state index contributed by atoms with van der Waals surface area (Å²) < 4.78 is 30.7. The molecule has 118 valence electrons. The second kappa shape index (κ2) is 8.11. The largest absolute Gasteiger partial charge is 0.469 e. The summed E-state index contributed by atoms with van der Waals surface area (Å²) in [6.07, 6.45) is 0.770. The number of hydrogen-bond acceptors (Lipinski definition) is 5. The van der Waals surface area contributed by atoms with Gasteiger partial charge in [-0.25, -0.2) is 8.42 Å². The molecule has 0 unspecified atom stereocenters. The number of benzene rings is 1. The van der Waals surface area contributed by atoms with Crippen molar-refractivity contribution in [2.45, 2.75) is 24.7 Å². The van der Waals surface area contributed by atoms with Crippen molar-refractivity contribution in [1.29, 1.82) is 0 Å². The molecule has 0 aliphatic rings. The number of aliphatic hydroxyl groups is 1. The van der Waals surface area contributed by atoms with Gasteiger partial charge in [0.05, 0.1) is 25.0 Å². The Balaban J connectivity index is 2.95. The molecule has 7 heteroatoms. The van der Waals surface area contributed by atoms with Crippen LogP contribution in [-0.4, -0.2) is 50.6 Å². The van der Waals surface area contributed by atoms with Crippen LogP contribution in [0.2, 0.25) is 0 Å². The van der Waals surface area contributed by atoms with Crippen molar-refractivity contribution in [2.75, 3.05) is 26.8 Å². The molecule has 0 spiro atoms. The quantitative estimate of drug-likeness (QED) is 0.717. The molecule has 0 heterocycles. The summed E-state index contributed by atoms with van der Waals surface area (Å²) in [6.45, 7) is 2.08. The lowest BCUT2D eigenvalue weighted by molar-refractivity contribution is -0.139. The third kappa shape index (κ3) is 4.80. The molecule has 0 aromatic heterocycles. The van der Waals surface area contributed by atoms with Crippen LogP contribution in [0, 0.1) is 0 Å². The topological polar surface area (TPSA) is 83.9 Å². The van der Waals surface area contributed by atoms with Gasteiger partial charge in [-0.2, -0.15) is 4.31 Å². The van der Waals surface area contributed by atoms with E-state index in [4.69, 9.17) is 5.11 Å². The standard InChI is InChI=1S/C14H21NO5S/c1-3-8-15(9-10-16)21(18,19)13-6-4-12(5-7-13)11-14(17)20-2/h4-7,16H,3,8-11H2,1-2H3. The fourth-order valence-electron chi connectivity index (χ4n) is 1.88. The van der Waals surface area contributed by atoms with E-state index in [1.54, 1.807) is 12.1 Å². The van der Waals surface area contributed by atoms with E-state index in [1.165, 1.54) is 23.5 Å². The minimum absolute atomic E-state index is 0.0695. The number of hydrogen-bond donors (Lipinski definition) is 1. The van der Waals surface area contributed by atoms with Crippen molar-refractivity contribution in [3.63, 3.8) is 0 Å². The zero-order valence-corrected chi connectivity index (χ0v) is 13.1. The average molecular weight is 315 g/mol. The number of esters is 1. The number of ether oxygens (including phenoxy) is 1. The lowest BCUT2D eigenvalue weighted by Crippen LogP contribution is -2.34. The molecular weight excluding hydrogens is 294 g/mol. The van der Waals surface area contributed by atoms with E-state index in [1.807, 2.05) is 6.92 Å². The van der Waals surface area contributed by atoms with Gasteiger partial charge in [-0.3, -0.25) is 4.79 Å². The van der Waals surface area contributed by atoms with Crippen LogP contribution in [-0.2, 0) is 26.0 Å². The zero-order chi connectivity index (χ0) is 15.9. The summed E-state index contributed by atoms with van der Waals surface area (Å²) >= 11 is 0. The van der Waals surface area contributed by atoms with Crippen molar-refractivity contribution in [3.8, 4) is 0 Å². The normalized spacial score (nSPS) is 11.6. The van der Waals surface area contributed by atoms with Crippen LogP contribution in [0.15, 0.2) is 29.2 Å². The predicted octanol–water partition coefficient (Wildman–Crippen LogP) is 0.795. The molecule has 1 rings (SSSR count). The Morgan fingerprint density at radius 2 is 1.86 bits per heavy atom. The van der Waals surface area contributed by atoms with Gasteiger partial charge in [0.2, 0.25) is 10.0 Å². The van der Waals surface area contributed by atoms with Crippen LogP contribution < -0.4 is 0 Å². The van der Waals surface area contributed by atoms with Gasteiger partial charge >= 0.3 is 5.97 Å². The highest BCUT2D eigenvalue weighted by atomic mass is 32.2. The minimum Gasteiger partial charge on any atom is -0.469 e. The Hall–Kier alpha value is -1.44. The van der Waals surface area contributed by atoms with Crippen LogP contribution in [0.5, 0.6) is 0 Å². The fourth-order valence-corrected chi connectivity index (χ4v) is 3.40. The number of carbonyl (C=O) groups excluding carboxylic acids is 1. The molecule has 1 N–H and O–H groups in total. The molecule has 0 aliphatic heterocycles. The van der Waals surface area contributed by atoms with Gasteiger partial charge in [-0.15, -0.1) is 0 Å². The first-order chi connectivity index (χ1) is 9.95. The van der Waals surface area contributed by atoms with Crippen LogP contribution >= 0.6 is 0 Å². The highest BCUT2D eigenvalue weighted by molar-refractivity contribution is 7.89. The Morgan fingerprint density at radius 1 is 1.24 bits per heavy atom. The highest BCUT2D eigenvalue weighted by Gasteiger charge is 2.23. The molecule has 0 saturated heterocycles. The summed E-state index contributed by atoms with van der Waals surface area (Å²) in [7, 11) is -2.31. The maximum Gasteiger partial charge on any atom is 0.309 e. The minimum atomic E-state index is -3.62. The van der Waals surface area contributed by atoms with Crippen molar-refractivity contribution in [2.24, 2.45) is 0 Å². The number of methoxy groups -OCH3 is 1. The third-order valence-electron chi connectivity index (χ3n) is 2.96. The zero-order valence-electron chi connectivity index (χ0n) is 12.3. The van der Waals surface area contributed by atoms with Gasteiger partial charge in [-0.05, 0) is 24.1 Å². The molecule has 0 bridgehead atoms. The second-order valence-corrected chi connectivity index (χ2v) is 6.46. The molecule has 0 amide bonds. The molecule has 0 saturated carbocycles.